The maximum absolute atomic E-state index is 9.29. The first-order valence-corrected chi connectivity index (χ1v) is 20.3. The Balaban J connectivity index is 1.06. The van der Waals surface area contributed by atoms with Crippen LogP contribution in [0, 0.1) is 5.41 Å². The Hall–Kier alpha value is -8.08. The average molecular weight is 767 g/mol. The summed E-state index contributed by atoms with van der Waals surface area (Å²) in [5.74, 6) is 0. The van der Waals surface area contributed by atoms with E-state index in [1.807, 2.05) is 48.8 Å². The van der Waals surface area contributed by atoms with Gasteiger partial charge < -0.3 is 9.98 Å². The Morgan fingerprint density at radius 3 is 1.57 bits per heavy atom. The number of aromatic nitrogens is 2. The number of hydrogen-bond acceptors (Lipinski definition) is 2. The molecule has 11 aromatic rings. The standard InChI is InChI=1S/C56H38N4/c57-50(42-28-24-40(25-29-42)38-14-4-1-5-15-38)36-51(43-30-26-41(27-31-43)39-16-6-2-7-17-39)58-37-59-52-22-12-11-21-49(52)55-46-32-33-47-45-20-10-13-23-53(45)60(44-18-8-3-9-19-44)56(47)48(46)34-35-54(55)59/h1-37,57H/b51-36-,57-50?,58-37+. The highest BCUT2D eigenvalue weighted by atomic mass is 15.0. The first-order valence-electron chi connectivity index (χ1n) is 20.3. The minimum Gasteiger partial charge on any atom is -0.309 e. The number of nitrogens with one attached hydrogen (secondary N) is 1. The lowest BCUT2D eigenvalue weighted by Gasteiger charge is -2.11. The molecule has 2 aromatic heterocycles. The van der Waals surface area contributed by atoms with Crippen LogP contribution in [0.25, 0.3) is 88.0 Å². The van der Waals surface area contributed by atoms with Crippen LogP contribution in [-0.4, -0.2) is 21.2 Å². The summed E-state index contributed by atoms with van der Waals surface area (Å²) in [5, 5.41) is 16.5. The van der Waals surface area contributed by atoms with E-state index in [1.54, 1.807) is 0 Å². The van der Waals surface area contributed by atoms with Gasteiger partial charge in [-0.05, 0) is 69.6 Å². The van der Waals surface area contributed by atoms with E-state index in [4.69, 9.17) is 4.99 Å². The van der Waals surface area contributed by atoms with Gasteiger partial charge in [0.2, 0.25) is 0 Å². The molecule has 2 heterocycles. The van der Waals surface area contributed by atoms with Crippen molar-refractivity contribution < 1.29 is 0 Å². The Labute approximate surface area is 347 Å². The summed E-state index contributed by atoms with van der Waals surface area (Å²) < 4.78 is 4.61. The van der Waals surface area contributed by atoms with Crippen LogP contribution in [0.1, 0.15) is 11.1 Å². The number of rotatable bonds is 8. The topological polar surface area (TPSA) is 46.1 Å². The van der Waals surface area contributed by atoms with Gasteiger partial charge in [-0.25, -0.2) is 4.99 Å². The van der Waals surface area contributed by atoms with Gasteiger partial charge in [-0.15, -0.1) is 0 Å². The van der Waals surface area contributed by atoms with Gasteiger partial charge in [0.15, 0.2) is 0 Å². The fourth-order valence-corrected chi connectivity index (χ4v) is 8.80. The second-order valence-electron chi connectivity index (χ2n) is 15.2. The van der Waals surface area contributed by atoms with E-state index in [2.05, 4.69) is 185 Å². The van der Waals surface area contributed by atoms with Crippen molar-refractivity contribution in [3.8, 4) is 27.9 Å². The lowest BCUT2D eigenvalue weighted by molar-refractivity contribution is 1.19. The quantitative estimate of drug-likeness (QED) is 0.118. The Morgan fingerprint density at radius 2 is 0.900 bits per heavy atom. The Kier molecular flexibility index (Phi) is 8.60. The van der Waals surface area contributed by atoms with Crippen LogP contribution in [0.4, 0.5) is 0 Å². The fraction of sp³-hybridized carbons (Fsp3) is 0. The lowest BCUT2D eigenvalue weighted by Crippen LogP contribution is -1.99. The number of nitrogens with zero attached hydrogens (tertiary/aromatic N) is 3. The minimum absolute atomic E-state index is 0.389. The monoisotopic (exact) mass is 766 g/mol. The molecule has 0 saturated carbocycles. The van der Waals surface area contributed by atoms with E-state index < -0.39 is 0 Å². The highest BCUT2D eigenvalue weighted by Gasteiger charge is 2.19. The molecule has 0 spiro atoms. The largest absolute Gasteiger partial charge is 0.309 e. The van der Waals surface area contributed by atoms with Gasteiger partial charge in [-0.2, -0.15) is 0 Å². The van der Waals surface area contributed by atoms with Crippen molar-refractivity contribution in [2.24, 2.45) is 4.99 Å². The van der Waals surface area contributed by atoms with Crippen LogP contribution in [0.15, 0.2) is 223 Å². The second kappa shape index (κ2) is 14.7. The maximum Gasteiger partial charge on any atom is 0.100 e. The average Bonchev–Trinajstić information content (AvgIpc) is 3.84. The van der Waals surface area contributed by atoms with Gasteiger partial charge in [0.1, 0.15) is 6.34 Å². The van der Waals surface area contributed by atoms with Crippen LogP contribution in [0.3, 0.4) is 0 Å². The SMILES string of the molecule is N=C(/C=C(\N=C\n1c2ccccc2c2c3ccc4c5ccccc5n(-c5ccccc5)c4c3ccc21)c1ccc(-c2ccccc2)cc1)c1ccc(-c2ccccc2)cc1. The van der Waals surface area contributed by atoms with Gasteiger partial charge in [0.25, 0.3) is 0 Å². The number of allylic oxidation sites excluding steroid dienone is 1. The zero-order chi connectivity index (χ0) is 40.0. The highest BCUT2D eigenvalue weighted by molar-refractivity contribution is 6.28. The third-order valence-corrected chi connectivity index (χ3v) is 11.7. The molecule has 11 rings (SSSR count). The summed E-state index contributed by atoms with van der Waals surface area (Å²) in [6.45, 7) is 0. The third kappa shape index (κ3) is 6.02. The van der Waals surface area contributed by atoms with E-state index in [1.165, 1.54) is 38.0 Å². The number of hydrogen-bond donors (Lipinski definition) is 1. The summed E-state index contributed by atoms with van der Waals surface area (Å²) in [6.07, 6.45) is 3.81. The molecule has 282 valence electrons. The molecule has 0 aliphatic carbocycles. The molecular formula is C56H38N4. The number of para-hydroxylation sites is 3. The molecule has 0 aliphatic rings. The molecule has 0 saturated heterocycles. The number of fused-ring (bicyclic) bond motifs is 9. The molecule has 4 nitrogen and oxygen atoms in total. The molecule has 60 heavy (non-hydrogen) atoms. The van der Waals surface area contributed by atoms with E-state index in [9.17, 15) is 5.41 Å². The normalized spacial score (nSPS) is 12.1. The van der Waals surface area contributed by atoms with Crippen molar-refractivity contribution in [1.82, 2.24) is 9.13 Å². The van der Waals surface area contributed by atoms with E-state index in [0.29, 0.717) is 11.4 Å². The van der Waals surface area contributed by atoms with Gasteiger partial charge in [-0.1, -0.05) is 182 Å². The van der Waals surface area contributed by atoms with Gasteiger partial charge in [0.05, 0.1) is 33.5 Å². The molecular weight excluding hydrogens is 729 g/mol. The first kappa shape index (κ1) is 35.1. The first-order chi connectivity index (χ1) is 29.7. The summed E-state index contributed by atoms with van der Waals surface area (Å²) in [7, 11) is 0. The van der Waals surface area contributed by atoms with Crippen LogP contribution >= 0.6 is 0 Å². The number of benzene rings is 9. The van der Waals surface area contributed by atoms with E-state index in [-0.39, 0.29) is 0 Å². The molecule has 0 bridgehead atoms. The predicted molar refractivity (Wildman–Crippen MR) is 254 cm³/mol. The zero-order valence-corrected chi connectivity index (χ0v) is 32.7. The van der Waals surface area contributed by atoms with Crippen LogP contribution in [0.2, 0.25) is 0 Å². The molecule has 0 unspecified atom stereocenters. The summed E-state index contributed by atoms with van der Waals surface area (Å²) in [6, 6.07) is 74.4. The highest BCUT2D eigenvalue weighted by Crippen LogP contribution is 2.41. The van der Waals surface area contributed by atoms with Crippen molar-refractivity contribution in [3.63, 3.8) is 0 Å². The molecule has 0 radical (unpaired) electrons. The van der Waals surface area contributed by atoms with Crippen molar-refractivity contribution in [2.45, 2.75) is 0 Å². The van der Waals surface area contributed by atoms with Crippen molar-refractivity contribution in [1.29, 1.82) is 5.41 Å². The molecule has 0 amide bonds. The van der Waals surface area contributed by atoms with Crippen molar-refractivity contribution in [2.75, 3.05) is 0 Å². The minimum atomic E-state index is 0.389. The molecule has 4 heteroatoms. The van der Waals surface area contributed by atoms with Gasteiger partial charge >= 0.3 is 0 Å². The summed E-state index contributed by atoms with van der Waals surface area (Å²) in [5.41, 5.74) is 13.1. The van der Waals surface area contributed by atoms with E-state index in [0.717, 1.165) is 55.5 Å². The smallest absolute Gasteiger partial charge is 0.100 e. The predicted octanol–water partition coefficient (Wildman–Crippen LogP) is 14.4. The Bertz CT molecular complexity index is 3450. The number of aliphatic imine (C=N–C) groups is 1. The summed E-state index contributed by atoms with van der Waals surface area (Å²) in [4.78, 5) is 5.24. The van der Waals surface area contributed by atoms with Crippen LogP contribution < -0.4 is 0 Å². The van der Waals surface area contributed by atoms with Crippen LogP contribution in [0.5, 0.6) is 0 Å². The Morgan fingerprint density at radius 1 is 0.400 bits per heavy atom. The van der Waals surface area contributed by atoms with Gasteiger partial charge in [-0.3, -0.25) is 4.57 Å². The molecule has 1 N–H and O–H groups in total. The fourth-order valence-electron chi connectivity index (χ4n) is 8.80. The molecule has 0 aliphatic heterocycles. The van der Waals surface area contributed by atoms with Crippen molar-refractivity contribution >= 4 is 72.1 Å². The summed E-state index contributed by atoms with van der Waals surface area (Å²) >= 11 is 0. The third-order valence-electron chi connectivity index (χ3n) is 11.7. The molecule has 0 atom stereocenters. The zero-order valence-electron chi connectivity index (χ0n) is 32.7. The van der Waals surface area contributed by atoms with Gasteiger partial charge in [0, 0.05) is 38.2 Å². The van der Waals surface area contributed by atoms with Crippen molar-refractivity contribution in [3.05, 3.63) is 230 Å². The second-order valence-corrected chi connectivity index (χ2v) is 15.2. The van der Waals surface area contributed by atoms with E-state index >= 15 is 0 Å². The maximum atomic E-state index is 9.29. The lowest BCUT2D eigenvalue weighted by atomic mass is 10.00. The van der Waals surface area contributed by atoms with Crippen LogP contribution in [-0.2, 0) is 0 Å². The molecule has 9 aromatic carbocycles. The molecule has 0 fully saturated rings.